The van der Waals surface area contributed by atoms with Gasteiger partial charge in [0.25, 0.3) is 0 Å². The molecule has 0 atom stereocenters. The number of hydrogen-bond acceptors (Lipinski definition) is 4. The number of nitrogens with zero attached hydrogens (tertiary/aromatic N) is 2. The molecule has 0 unspecified atom stereocenters. The van der Waals surface area contributed by atoms with Crippen molar-refractivity contribution in [2.45, 2.75) is 46.5 Å². The van der Waals surface area contributed by atoms with E-state index in [4.69, 9.17) is 5.73 Å². The van der Waals surface area contributed by atoms with Crippen molar-refractivity contribution in [2.75, 3.05) is 13.1 Å². The molecule has 0 bridgehead atoms. The van der Waals surface area contributed by atoms with Gasteiger partial charge in [-0.25, -0.2) is 0 Å². The lowest BCUT2D eigenvalue weighted by Crippen LogP contribution is -2.37. The third kappa shape index (κ3) is 3.79. The van der Waals surface area contributed by atoms with Crippen molar-refractivity contribution in [2.24, 2.45) is 10.7 Å². The van der Waals surface area contributed by atoms with Crippen LogP contribution in [0.2, 0.25) is 0 Å². The summed E-state index contributed by atoms with van der Waals surface area (Å²) < 4.78 is 0. The van der Waals surface area contributed by atoms with Gasteiger partial charge in [0.1, 0.15) is 5.82 Å². The number of hydrogen-bond donors (Lipinski definition) is 2. The van der Waals surface area contributed by atoms with Gasteiger partial charge in [0.2, 0.25) is 0 Å². The summed E-state index contributed by atoms with van der Waals surface area (Å²) in [7, 11) is 0. The fraction of sp³-hybridized carbons (Fsp3) is 0.643. The standard InChI is InChI=1S/C14H26N4/c1-5-7-8-9-10-18(6-2)13-11(3)12(4)16-14(15)17-13/h4-10H2,1-3H3,(H3,15,16,17). The minimum Gasteiger partial charge on any atom is -0.369 e. The van der Waals surface area contributed by atoms with Gasteiger partial charge in [-0.1, -0.05) is 32.8 Å². The minimum atomic E-state index is 0.438. The molecule has 0 aliphatic carbocycles. The van der Waals surface area contributed by atoms with Crippen molar-refractivity contribution in [1.29, 1.82) is 0 Å². The van der Waals surface area contributed by atoms with Crippen molar-refractivity contribution in [3.8, 4) is 0 Å². The molecule has 4 heteroatoms. The molecule has 0 aromatic carbocycles. The molecule has 0 fully saturated rings. The van der Waals surface area contributed by atoms with Gasteiger partial charge in [-0.2, -0.15) is 4.99 Å². The van der Waals surface area contributed by atoms with Crippen molar-refractivity contribution in [1.82, 2.24) is 10.2 Å². The smallest absolute Gasteiger partial charge is 0.199 e. The molecule has 0 saturated heterocycles. The topological polar surface area (TPSA) is 53.6 Å². The first-order chi connectivity index (χ1) is 8.60. The largest absolute Gasteiger partial charge is 0.369 e. The van der Waals surface area contributed by atoms with E-state index < -0.39 is 0 Å². The maximum Gasteiger partial charge on any atom is 0.199 e. The van der Waals surface area contributed by atoms with E-state index in [1.54, 1.807) is 0 Å². The van der Waals surface area contributed by atoms with Crippen LogP contribution in [0.1, 0.15) is 46.5 Å². The number of nitrogens with two attached hydrogens (primary N) is 1. The van der Waals surface area contributed by atoms with Gasteiger partial charge in [-0.05, 0) is 20.3 Å². The number of guanidine groups is 1. The molecule has 4 nitrogen and oxygen atoms in total. The number of rotatable bonds is 7. The normalized spacial score (nSPS) is 15.5. The quantitative estimate of drug-likeness (QED) is 0.683. The average Bonchev–Trinajstić information content (AvgIpc) is 2.34. The third-order valence-corrected chi connectivity index (χ3v) is 3.26. The Balaban J connectivity index is 2.68. The molecule has 1 rings (SSSR count). The molecular formula is C14H26N4. The summed E-state index contributed by atoms with van der Waals surface area (Å²) >= 11 is 0. The van der Waals surface area contributed by atoms with Crippen LogP contribution in [0, 0.1) is 0 Å². The number of nitrogens with one attached hydrogen (secondary N) is 1. The fourth-order valence-corrected chi connectivity index (χ4v) is 2.06. The Kier molecular flexibility index (Phi) is 5.75. The van der Waals surface area contributed by atoms with Gasteiger partial charge in [0, 0.05) is 24.4 Å². The first-order valence-corrected chi connectivity index (χ1v) is 6.86. The monoisotopic (exact) mass is 250 g/mol. The average molecular weight is 250 g/mol. The van der Waals surface area contributed by atoms with E-state index in [-0.39, 0.29) is 0 Å². The zero-order chi connectivity index (χ0) is 13.5. The fourth-order valence-electron chi connectivity index (χ4n) is 2.06. The summed E-state index contributed by atoms with van der Waals surface area (Å²) in [5.41, 5.74) is 7.70. The highest BCUT2D eigenvalue weighted by atomic mass is 15.3. The lowest BCUT2D eigenvalue weighted by molar-refractivity contribution is 0.342. The summed E-state index contributed by atoms with van der Waals surface area (Å²) in [5.74, 6) is 1.41. The van der Waals surface area contributed by atoms with Gasteiger partial charge in [0.15, 0.2) is 5.96 Å². The zero-order valence-electron chi connectivity index (χ0n) is 11.9. The third-order valence-electron chi connectivity index (χ3n) is 3.26. The lowest BCUT2D eigenvalue weighted by atomic mass is 10.1. The summed E-state index contributed by atoms with van der Waals surface area (Å²) in [6.07, 6.45) is 5.04. The van der Waals surface area contributed by atoms with Crippen LogP contribution in [0.5, 0.6) is 0 Å². The van der Waals surface area contributed by atoms with Gasteiger partial charge >= 0.3 is 0 Å². The molecule has 1 aliphatic rings. The second kappa shape index (κ2) is 7.09. The molecule has 0 amide bonds. The predicted octanol–water partition coefficient (Wildman–Crippen LogP) is 2.55. The molecular weight excluding hydrogens is 224 g/mol. The van der Waals surface area contributed by atoms with Crippen LogP contribution in [0.25, 0.3) is 0 Å². The number of aliphatic imine (C=N–C) groups is 1. The van der Waals surface area contributed by atoms with Crippen LogP contribution in [0.4, 0.5) is 0 Å². The van der Waals surface area contributed by atoms with Crippen LogP contribution >= 0.6 is 0 Å². The van der Waals surface area contributed by atoms with Crippen molar-refractivity contribution in [3.05, 3.63) is 23.7 Å². The van der Waals surface area contributed by atoms with Crippen LogP contribution in [-0.4, -0.2) is 23.9 Å². The second-order valence-corrected chi connectivity index (χ2v) is 4.69. The Morgan fingerprint density at radius 1 is 1.28 bits per heavy atom. The number of unbranched alkanes of at least 4 members (excludes halogenated alkanes) is 3. The predicted molar refractivity (Wildman–Crippen MR) is 78.0 cm³/mol. The zero-order valence-corrected chi connectivity index (χ0v) is 11.9. The molecule has 3 N–H and O–H groups in total. The molecule has 102 valence electrons. The highest BCUT2D eigenvalue weighted by Gasteiger charge is 2.17. The molecule has 0 radical (unpaired) electrons. The Morgan fingerprint density at radius 2 is 2.00 bits per heavy atom. The van der Waals surface area contributed by atoms with Crippen molar-refractivity contribution < 1.29 is 0 Å². The van der Waals surface area contributed by atoms with Gasteiger partial charge in [0.05, 0.1) is 0 Å². The van der Waals surface area contributed by atoms with E-state index in [1.807, 2.05) is 6.92 Å². The van der Waals surface area contributed by atoms with Crippen LogP contribution in [0.3, 0.4) is 0 Å². The lowest BCUT2D eigenvalue weighted by Gasteiger charge is -2.28. The summed E-state index contributed by atoms with van der Waals surface area (Å²) in [6.45, 7) is 12.4. The SMILES string of the molecule is C=C1NC(N)=NC(N(CC)CCCCCC)=C1C. The molecule has 0 saturated carbocycles. The molecule has 1 heterocycles. The minimum absolute atomic E-state index is 0.438. The van der Waals surface area contributed by atoms with Crippen LogP contribution in [0.15, 0.2) is 28.7 Å². The highest BCUT2D eigenvalue weighted by molar-refractivity contribution is 5.83. The Morgan fingerprint density at radius 3 is 2.61 bits per heavy atom. The van der Waals surface area contributed by atoms with E-state index in [1.165, 1.54) is 25.7 Å². The summed E-state index contributed by atoms with van der Waals surface area (Å²) in [5, 5.41) is 2.96. The van der Waals surface area contributed by atoms with E-state index in [2.05, 4.69) is 35.6 Å². The van der Waals surface area contributed by atoms with Crippen molar-refractivity contribution in [3.63, 3.8) is 0 Å². The molecule has 0 aromatic rings. The number of allylic oxidation sites excluding steroid dienone is 1. The highest BCUT2D eigenvalue weighted by Crippen LogP contribution is 2.20. The van der Waals surface area contributed by atoms with E-state index >= 15 is 0 Å². The molecule has 18 heavy (non-hydrogen) atoms. The van der Waals surface area contributed by atoms with Crippen molar-refractivity contribution >= 4 is 5.96 Å². The Labute approximate surface area is 111 Å². The van der Waals surface area contributed by atoms with Gasteiger partial charge in [-0.15, -0.1) is 0 Å². The molecule has 0 aromatic heterocycles. The summed E-state index contributed by atoms with van der Waals surface area (Å²) in [4.78, 5) is 6.69. The first-order valence-electron chi connectivity index (χ1n) is 6.86. The van der Waals surface area contributed by atoms with Crippen LogP contribution < -0.4 is 11.1 Å². The van der Waals surface area contributed by atoms with E-state index in [0.717, 1.165) is 30.2 Å². The molecule has 0 spiro atoms. The van der Waals surface area contributed by atoms with Crippen LogP contribution in [-0.2, 0) is 0 Å². The molecule has 1 aliphatic heterocycles. The Hall–Kier alpha value is -1.45. The van der Waals surface area contributed by atoms with E-state index in [0.29, 0.717) is 5.96 Å². The maximum absolute atomic E-state index is 5.76. The first kappa shape index (κ1) is 14.6. The van der Waals surface area contributed by atoms with E-state index in [9.17, 15) is 0 Å². The second-order valence-electron chi connectivity index (χ2n) is 4.69. The van der Waals surface area contributed by atoms with Gasteiger partial charge < -0.3 is 16.0 Å². The Bertz CT molecular complexity index is 355. The van der Waals surface area contributed by atoms with Gasteiger partial charge in [-0.3, -0.25) is 0 Å². The maximum atomic E-state index is 5.76. The summed E-state index contributed by atoms with van der Waals surface area (Å²) in [6, 6.07) is 0.